The van der Waals surface area contributed by atoms with E-state index in [1.807, 2.05) is 0 Å². The minimum atomic E-state index is -1.10. The molecule has 0 saturated carbocycles. The lowest BCUT2D eigenvalue weighted by Crippen LogP contribution is -2.35. The Balaban J connectivity index is 4.61. The number of carbonyl (C=O) groups is 5. The third kappa shape index (κ3) is 30.7. The van der Waals surface area contributed by atoms with Crippen LogP contribution >= 0.6 is 0 Å². The number of esters is 3. The van der Waals surface area contributed by atoms with Crippen molar-refractivity contribution in [1.29, 1.82) is 0 Å². The van der Waals surface area contributed by atoms with Crippen molar-refractivity contribution in [3.05, 3.63) is 0 Å². The van der Waals surface area contributed by atoms with Crippen LogP contribution in [0.3, 0.4) is 0 Å². The van der Waals surface area contributed by atoms with E-state index in [-0.39, 0.29) is 31.7 Å². The van der Waals surface area contributed by atoms with Gasteiger partial charge in [-0.3, -0.25) is 24.0 Å². The topological polar surface area (TPSA) is 154 Å². The van der Waals surface area contributed by atoms with Crippen molar-refractivity contribution in [2.45, 2.75) is 206 Å². The number of hydrogen-bond donors (Lipinski definition) is 2. The lowest BCUT2D eigenvalue weighted by molar-refractivity contribution is -0.170. The number of ether oxygens (including phenoxy) is 3. The summed E-state index contributed by atoms with van der Waals surface area (Å²) in [7, 11) is 0. The maximum absolute atomic E-state index is 12.5. The van der Waals surface area contributed by atoms with Crippen LogP contribution in [0.4, 0.5) is 0 Å². The van der Waals surface area contributed by atoms with Gasteiger partial charge in [-0.05, 0) is 38.5 Å². The van der Waals surface area contributed by atoms with Gasteiger partial charge >= 0.3 is 29.8 Å². The Morgan fingerprint density at radius 3 is 1.17 bits per heavy atom. The number of carboxylic acid groups (broad SMARTS) is 2. The van der Waals surface area contributed by atoms with Gasteiger partial charge in [-0.2, -0.15) is 0 Å². The molecule has 0 aromatic rings. The molecule has 0 saturated heterocycles. The van der Waals surface area contributed by atoms with Gasteiger partial charge in [0.05, 0.1) is 32.3 Å². The summed E-state index contributed by atoms with van der Waals surface area (Å²) in [4.78, 5) is 59.0. The third-order valence-electron chi connectivity index (χ3n) is 8.54. The standard InChI is InChI=1S/C38H68O10/c1-3-5-7-9-11-12-13-14-19-23-31-46-36(43)26-22-18-15-17-21-25-33(48-38(45)30-28-35(41)42)32(24-20-16-10-8-6-4-2)47-37(44)29-27-34(39)40/h32-33H,3-31H2,1-2H3,(H,39,40)(H,41,42). The maximum Gasteiger partial charge on any atom is 0.306 e. The molecule has 280 valence electrons. The SMILES string of the molecule is CCCCCCCCCCCCOC(=O)CCCCCCCC(OC(=O)CCC(=O)O)C(CCCCCCCC)OC(=O)CCC(=O)O. The van der Waals surface area contributed by atoms with Crippen LogP contribution in [0, 0.1) is 0 Å². The molecule has 2 atom stereocenters. The lowest BCUT2D eigenvalue weighted by atomic mass is 9.99. The molecule has 0 aromatic carbocycles. The van der Waals surface area contributed by atoms with E-state index in [0.717, 1.165) is 77.0 Å². The smallest absolute Gasteiger partial charge is 0.306 e. The van der Waals surface area contributed by atoms with Crippen LogP contribution in [0.15, 0.2) is 0 Å². The average molecular weight is 685 g/mol. The molecule has 0 spiro atoms. The molecule has 10 heteroatoms. The molecule has 0 heterocycles. The summed E-state index contributed by atoms with van der Waals surface area (Å²) in [5.41, 5.74) is 0. The molecule has 0 aliphatic heterocycles. The Kier molecular flexibility index (Phi) is 31.1. The predicted molar refractivity (Wildman–Crippen MR) is 187 cm³/mol. The third-order valence-corrected chi connectivity index (χ3v) is 8.54. The monoisotopic (exact) mass is 684 g/mol. The highest BCUT2D eigenvalue weighted by molar-refractivity contribution is 5.77. The van der Waals surface area contributed by atoms with Crippen molar-refractivity contribution in [3.63, 3.8) is 0 Å². The molecule has 0 aliphatic rings. The minimum absolute atomic E-state index is 0.151. The Labute approximate surface area is 290 Å². The second-order valence-electron chi connectivity index (χ2n) is 13.1. The first kappa shape index (κ1) is 45.3. The van der Waals surface area contributed by atoms with E-state index in [1.54, 1.807) is 0 Å². The van der Waals surface area contributed by atoms with Gasteiger partial charge in [0.25, 0.3) is 0 Å². The van der Waals surface area contributed by atoms with E-state index >= 15 is 0 Å². The number of rotatable bonds is 35. The normalized spacial score (nSPS) is 12.3. The summed E-state index contributed by atoms with van der Waals surface area (Å²) in [6.07, 6.45) is 21.1. The molecule has 10 nitrogen and oxygen atoms in total. The molecule has 0 rings (SSSR count). The zero-order valence-corrected chi connectivity index (χ0v) is 30.3. The second-order valence-corrected chi connectivity index (χ2v) is 13.1. The highest BCUT2D eigenvalue weighted by atomic mass is 16.6. The van der Waals surface area contributed by atoms with Gasteiger partial charge in [0, 0.05) is 6.42 Å². The first-order valence-corrected chi connectivity index (χ1v) is 19.2. The zero-order valence-electron chi connectivity index (χ0n) is 30.3. The van der Waals surface area contributed by atoms with E-state index in [9.17, 15) is 24.0 Å². The number of carbonyl (C=O) groups excluding carboxylic acids is 3. The Hall–Kier alpha value is -2.65. The van der Waals surface area contributed by atoms with Crippen molar-refractivity contribution in [2.75, 3.05) is 6.61 Å². The summed E-state index contributed by atoms with van der Waals surface area (Å²) in [6, 6.07) is 0. The van der Waals surface area contributed by atoms with Crippen LogP contribution in [-0.2, 0) is 38.2 Å². The van der Waals surface area contributed by atoms with Gasteiger partial charge in [0.15, 0.2) is 0 Å². The summed E-state index contributed by atoms with van der Waals surface area (Å²) >= 11 is 0. The fourth-order valence-corrected chi connectivity index (χ4v) is 5.63. The van der Waals surface area contributed by atoms with E-state index in [0.29, 0.717) is 32.3 Å². The zero-order chi connectivity index (χ0) is 35.7. The van der Waals surface area contributed by atoms with Crippen LogP contribution < -0.4 is 0 Å². The summed E-state index contributed by atoms with van der Waals surface area (Å²) < 4.78 is 16.7. The molecule has 0 amide bonds. The summed E-state index contributed by atoms with van der Waals surface area (Å²) in [5.74, 6) is -3.66. The van der Waals surface area contributed by atoms with Gasteiger partial charge in [0.2, 0.25) is 0 Å². The molecule has 0 bridgehead atoms. The van der Waals surface area contributed by atoms with Crippen LogP contribution in [0.2, 0.25) is 0 Å². The van der Waals surface area contributed by atoms with E-state index in [4.69, 9.17) is 24.4 Å². The van der Waals surface area contributed by atoms with Crippen LogP contribution in [0.1, 0.15) is 194 Å². The largest absolute Gasteiger partial charge is 0.481 e. The Morgan fingerprint density at radius 1 is 0.417 bits per heavy atom. The van der Waals surface area contributed by atoms with Crippen molar-refractivity contribution < 1.29 is 48.4 Å². The van der Waals surface area contributed by atoms with Gasteiger partial charge in [-0.15, -0.1) is 0 Å². The molecule has 48 heavy (non-hydrogen) atoms. The van der Waals surface area contributed by atoms with Crippen molar-refractivity contribution in [1.82, 2.24) is 0 Å². The number of aliphatic carboxylic acids is 2. The van der Waals surface area contributed by atoms with Gasteiger partial charge < -0.3 is 24.4 Å². The molecule has 2 unspecified atom stereocenters. The maximum atomic E-state index is 12.5. The predicted octanol–water partition coefficient (Wildman–Crippen LogP) is 9.49. The van der Waals surface area contributed by atoms with Crippen molar-refractivity contribution in [3.8, 4) is 0 Å². The number of unbranched alkanes of at least 4 members (excludes halogenated alkanes) is 18. The lowest BCUT2D eigenvalue weighted by Gasteiger charge is -2.27. The van der Waals surface area contributed by atoms with Gasteiger partial charge in [-0.1, -0.05) is 123 Å². The summed E-state index contributed by atoms with van der Waals surface area (Å²) in [6.45, 7) is 4.87. The van der Waals surface area contributed by atoms with E-state index < -0.39 is 36.1 Å². The quantitative estimate of drug-likeness (QED) is 0.0375. The average Bonchev–Trinajstić information content (AvgIpc) is 3.05. The first-order chi connectivity index (χ1) is 23.2. The van der Waals surface area contributed by atoms with Crippen LogP contribution in [0.5, 0.6) is 0 Å². The Morgan fingerprint density at radius 2 is 0.771 bits per heavy atom. The molecular formula is C38H68O10. The van der Waals surface area contributed by atoms with Crippen molar-refractivity contribution >= 4 is 29.8 Å². The van der Waals surface area contributed by atoms with E-state index in [2.05, 4.69) is 13.8 Å². The molecule has 0 aromatic heterocycles. The molecule has 0 radical (unpaired) electrons. The minimum Gasteiger partial charge on any atom is -0.481 e. The Bertz CT molecular complexity index is 843. The highest BCUT2D eigenvalue weighted by Crippen LogP contribution is 2.22. The fourth-order valence-electron chi connectivity index (χ4n) is 5.63. The molecule has 0 fully saturated rings. The van der Waals surface area contributed by atoms with Gasteiger partial charge in [0.1, 0.15) is 12.2 Å². The van der Waals surface area contributed by atoms with Crippen LogP contribution in [0.25, 0.3) is 0 Å². The van der Waals surface area contributed by atoms with Crippen molar-refractivity contribution in [2.24, 2.45) is 0 Å². The van der Waals surface area contributed by atoms with E-state index in [1.165, 1.54) is 51.4 Å². The highest BCUT2D eigenvalue weighted by Gasteiger charge is 2.28. The fraction of sp³-hybridized carbons (Fsp3) is 0.868. The first-order valence-electron chi connectivity index (χ1n) is 19.2. The molecular weight excluding hydrogens is 616 g/mol. The summed E-state index contributed by atoms with van der Waals surface area (Å²) in [5, 5.41) is 17.9. The van der Waals surface area contributed by atoms with Gasteiger partial charge in [-0.25, -0.2) is 0 Å². The second kappa shape index (κ2) is 32.9. The van der Waals surface area contributed by atoms with Crippen LogP contribution in [-0.4, -0.2) is 58.9 Å². The molecule has 0 aliphatic carbocycles. The number of hydrogen-bond acceptors (Lipinski definition) is 8. The molecule has 2 N–H and O–H groups in total. The number of carboxylic acids is 2.